The summed E-state index contributed by atoms with van der Waals surface area (Å²) < 4.78 is 26.6. The number of nitrogens with zero attached hydrogens (tertiary/aromatic N) is 1. The fourth-order valence-corrected chi connectivity index (χ4v) is 3.05. The van der Waals surface area contributed by atoms with E-state index in [1.165, 1.54) is 24.3 Å². The van der Waals surface area contributed by atoms with Crippen LogP contribution in [-0.2, 0) is 11.2 Å². The lowest BCUT2D eigenvalue weighted by Crippen LogP contribution is -2.31. The van der Waals surface area contributed by atoms with E-state index in [2.05, 4.69) is 0 Å². The molecule has 2 aromatic rings. The molecule has 4 heteroatoms. The highest BCUT2D eigenvalue weighted by Gasteiger charge is 2.29. The van der Waals surface area contributed by atoms with E-state index in [-0.39, 0.29) is 30.0 Å². The van der Waals surface area contributed by atoms with Crippen molar-refractivity contribution >= 4 is 5.91 Å². The highest BCUT2D eigenvalue weighted by Crippen LogP contribution is 2.32. The van der Waals surface area contributed by atoms with Crippen molar-refractivity contribution in [3.63, 3.8) is 0 Å². The van der Waals surface area contributed by atoms with Crippen LogP contribution in [0.15, 0.2) is 48.5 Å². The van der Waals surface area contributed by atoms with Gasteiger partial charge in [0.15, 0.2) is 0 Å². The molecule has 1 heterocycles. The second kappa shape index (κ2) is 6.26. The van der Waals surface area contributed by atoms with Gasteiger partial charge in [0.1, 0.15) is 11.6 Å². The minimum absolute atomic E-state index is 0.0441. The lowest BCUT2D eigenvalue weighted by molar-refractivity contribution is -0.131. The van der Waals surface area contributed by atoms with Crippen molar-refractivity contribution in [2.24, 2.45) is 0 Å². The summed E-state index contributed by atoms with van der Waals surface area (Å²) in [6, 6.07) is 12.4. The van der Waals surface area contributed by atoms with E-state index < -0.39 is 0 Å². The summed E-state index contributed by atoms with van der Waals surface area (Å²) in [6.45, 7) is 0.662. The summed E-state index contributed by atoms with van der Waals surface area (Å²) in [5, 5.41) is 0. The summed E-state index contributed by atoms with van der Waals surface area (Å²) in [6.07, 6.45) is 1.90. The Balaban J connectivity index is 1.76. The molecule has 1 amide bonds. The monoisotopic (exact) mass is 301 g/mol. The molecule has 0 aromatic heterocycles. The van der Waals surface area contributed by atoms with Gasteiger partial charge in [-0.15, -0.1) is 0 Å². The number of halogens is 2. The zero-order chi connectivity index (χ0) is 15.5. The summed E-state index contributed by atoms with van der Waals surface area (Å²) in [5.74, 6) is -0.673. The lowest BCUT2D eigenvalue weighted by atomic mass is 10.0. The molecule has 0 bridgehead atoms. The first-order valence-electron chi connectivity index (χ1n) is 7.43. The average molecular weight is 301 g/mol. The molecule has 3 rings (SSSR count). The molecule has 114 valence electrons. The van der Waals surface area contributed by atoms with E-state index in [4.69, 9.17) is 0 Å². The maximum atomic E-state index is 13.4. The first-order chi connectivity index (χ1) is 10.6. The molecule has 0 N–H and O–H groups in total. The van der Waals surface area contributed by atoms with Gasteiger partial charge in [-0.3, -0.25) is 4.79 Å². The Morgan fingerprint density at radius 3 is 2.55 bits per heavy atom. The van der Waals surface area contributed by atoms with Crippen LogP contribution in [0.4, 0.5) is 8.78 Å². The zero-order valence-electron chi connectivity index (χ0n) is 12.1. The highest BCUT2D eigenvalue weighted by molar-refractivity contribution is 5.79. The van der Waals surface area contributed by atoms with Crippen LogP contribution in [0.2, 0.25) is 0 Å². The smallest absolute Gasteiger partial charge is 0.227 e. The van der Waals surface area contributed by atoms with E-state index in [0.29, 0.717) is 12.1 Å². The number of likely N-dealkylation sites (tertiary alicyclic amines) is 1. The topological polar surface area (TPSA) is 20.3 Å². The maximum Gasteiger partial charge on any atom is 0.227 e. The van der Waals surface area contributed by atoms with Crippen LogP contribution in [0.3, 0.4) is 0 Å². The van der Waals surface area contributed by atoms with Crippen molar-refractivity contribution in [1.82, 2.24) is 4.90 Å². The Labute approximate surface area is 128 Å². The van der Waals surface area contributed by atoms with Crippen LogP contribution in [-0.4, -0.2) is 17.4 Å². The van der Waals surface area contributed by atoms with Crippen LogP contribution in [0.25, 0.3) is 0 Å². The van der Waals surface area contributed by atoms with Crippen molar-refractivity contribution in [2.75, 3.05) is 6.54 Å². The molecule has 2 nitrogen and oxygen atoms in total. The molecule has 22 heavy (non-hydrogen) atoms. The fraction of sp³-hybridized carbons (Fsp3) is 0.278. The Hall–Kier alpha value is -2.23. The lowest BCUT2D eigenvalue weighted by Gasteiger charge is -2.25. The van der Waals surface area contributed by atoms with Gasteiger partial charge in [-0.1, -0.05) is 24.3 Å². The van der Waals surface area contributed by atoms with Gasteiger partial charge in [0.25, 0.3) is 0 Å². The minimum Gasteiger partial charge on any atom is -0.335 e. The van der Waals surface area contributed by atoms with Crippen molar-refractivity contribution in [3.05, 3.63) is 71.3 Å². The average Bonchev–Trinajstić information content (AvgIpc) is 2.97. The highest BCUT2D eigenvalue weighted by atomic mass is 19.1. The Bertz CT molecular complexity index is 686. The number of hydrogen-bond acceptors (Lipinski definition) is 1. The van der Waals surface area contributed by atoms with Crippen molar-refractivity contribution in [1.29, 1.82) is 0 Å². The van der Waals surface area contributed by atoms with E-state index in [9.17, 15) is 13.6 Å². The third kappa shape index (κ3) is 3.16. The fourth-order valence-electron chi connectivity index (χ4n) is 3.05. The quantitative estimate of drug-likeness (QED) is 0.842. The normalized spacial score (nSPS) is 17.7. The van der Waals surface area contributed by atoms with E-state index in [1.54, 1.807) is 23.1 Å². The van der Waals surface area contributed by atoms with Gasteiger partial charge in [-0.25, -0.2) is 8.78 Å². The molecule has 1 aliphatic rings. The Morgan fingerprint density at radius 2 is 1.82 bits per heavy atom. The third-order valence-electron chi connectivity index (χ3n) is 4.05. The Kier molecular flexibility index (Phi) is 4.18. The van der Waals surface area contributed by atoms with Gasteiger partial charge in [-0.2, -0.15) is 0 Å². The van der Waals surface area contributed by atoms with Gasteiger partial charge in [0, 0.05) is 6.54 Å². The first kappa shape index (κ1) is 14.7. The van der Waals surface area contributed by atoms with Crippen LogP contribution < -0.4 is 0 Å². The van der Waals surface area contributed by atoms with Crippen LogP contribution in [0.1, 0.15) is 30.0 Å². The minimum atomic E-state index is -0.339. The van der Waals surface area contributed by atoms with Crippen molar-refractivity contribution < 1.29 is 13.6 Å². The summed E-state index contributed by atoms with van der Waals surface area (Å²) in [7, 11) is 0. The zero-order valence-corrected chi connectivity index (χ0v) is 12.1. The molecule has 0 saturated carbocycles. The van der Waals surface area contributed by atoms with E-state index in [1.807, 2.05) is 6.07 Å². The predicted octanol–water partition coefficient (Wildman–Crippen LogP) is 3.87. The molecule has 1 saturated heterocycles. The molecule has 0 aliphatic carbocycles. The summed E-state index contributed by atoms with van der Waals surface area (Å²) in [4.78, 5) is 14.3. The molecule has 1 fully saturated rings. The standard InChI is InChI=1S/C18H17F2NO/c19-15-6-1-4-13(10-15)11-18(22)21-9-3-8-17(21)14-5-2-7-16(20)12-14/h1-2,4-7,10,12,17H,3,8-9,11H2/t17-/m0/s1. The third-order valence-corrected chi connectivity index (χ3v) is 4.05. The van der Waals surface area contributed by atoms with Gasteiger partial charge in [0.2, 0.25) is 5.91 Å². The second-order valence-corrected chi connectivity index (χ2v) is 5.61. The van der Waals surface area contributed by atoms with Crippen LogP contribution in [0, 0.1) is 11.6 Å². The summed E-state index contributed by atoms with van der Waals surface area (Å²) >= 11 is 0. The summed E-state index contributed by atoms with van der Waals surface area (Å²) in [5.41, 5.74) is 1.49. The van der Waals surface area contributed by atoms with E-state index >= 15 is 0 Å². The molecule has 0 radical (unpaired) electrons. The van der Waals surface area contributed by atoms with Crippen molar-refractivity contribution in [3.8, 4) is 0 Å². The number of carbonyl (C=O) groups is 1. The number of amides is 1. The molecule has 1 atom stereocenters. The van der Waals surface area contributed by atoms with Gasteiger partial charge in [-0.05, 0) is 48.2 Å². The largest absolute Gasteiger partial charge is 0.335 e. The van der Waals surface area contributed by atoms with Gasteiger partial charge < -0.3 is 4.90 Å². The number of rotatable bonds is 3. The first-order valence-corrected chi connectivity index (χ1v) is 7.43. The number of benzene rings is 2. The van der Waals surface area contributed by atoms with Crippen LogP contribution >= 0.6 is 0 Å². The molecule has 0 unspecified atom stereocenters. The molecule has 0 spiro atoms. The number of hydrogen-bond donors (Lipinski definition) is 0. The van der Waals surface area contributed by atoms with Crippen molar-refractivity contribution in [2.45, 2.75) is 25.3 Å². The second-order valence-electron chi connectivity index (χ2n) is 5.61. The molecule has 2 aromatic carbocycles. The van der Waals surface area contributed by atoms with Gasteiger partial charge in [0.05, 0.1) is 12.5 Å². The molecular weight excluding hydrogens is 284 g/mol. The number of carbonyl (C=O) groups excluding carboxylic acids is 1. The SMILES string of the molecule is O=C(Cc1cccc(F)c1)N1CCC[C@H]1c1cccc(F)c1. The van der Waals surface area contributed by atoms with Gasteiger partial charge >= 0.3 is 0 Å². The predicted molar refractivity (Wildman–Crippen MR) is 80.2 cm³/mol. The maximum absolute atomic E-state index is 13.4. The molecule has 1 aliphatic heterocycles. The molecular formula is C18H17F2NO. The van der Waals surface area contributed by atoms with Crippen LogP contribution in [0.5, 0.6) is 0 Å². The Morgan fingerprint density at radius 1 is 1.09 bits per heavy atom. The van der Waals surface area contributed by atoms with E-state index in [0.717, 1.165) is 18.4 Å².